The minimum Gasteiger partial charge on any atom is -0.368 e. The molecule has 3 aromatic rings. The molecule has 1 unspecified atom stereocenters. The van der Waals surface area contributed by atoms with Gasteiger partial charge in [0.05, 0.1) is 10.2 Å². The zero-order chi connectivity index (χ0) is 13.9. The fourth-order valence-corrected chi connectivity index (χ4v) is 4.13. The number of thioether (sulfide) groups is 1. The number of fused-ring (bicyclic) bond motifs is 1. The SMILES string of the molecule is NC(=O)C(Sc1nc2ccccc2s1)c1ccccc1. The first kappa shape index (κ1) is 13.1. The fraction of sp³-hybridized carbons (Fsp3) is 0.0667. The summed E-state index contributed by atoms with van der Waals surface area (Å²) in [5.74, 6) is -0.347. The molecule has 5 heteroatoms. The predicted molar refractivity (Wildman–Crippen MR) is 83.9 cm³/mol. The molecule has 2 aromatic carbocycles. The van der Waals surface area contributed by atoms with Gasteiger partial charge in [0.15, 0.2) is 4.34 Å². The largest absolute Gasteiger partial charge is 0.368 e. The van der Waals surface area contributed by atoms with Crippen molar-refractivity contribution >= 4 is 39.2 Å². The van der Waals surface area contributed by atoms with Gasteiger partial charge in [0.2, 0.25) is 5.91 Å². The summed E-state index contributed by atoms with van der Waals surface area (Å²) in [4.78, 5) is 16.2. The molecule has 1 atom stereocenters. The Bertz CT molecular complexity index is 707. The van der Waals surface area contributed by atoms with Crippen LogP contribution in [0.5, 0.6) is 0 Å². The minimum atomic E-state index is -0.406. The Morgan fingerprint density at radius 1 is 1.10 bits per heavy atom. The average Bonchev–Trinajstić information content (AvgIpc) is 2.88. The second-order valence-electron chi connectivity index (χ2n) is 4.26. The van der Waals surface area contributed by atoms with Gasteiger partial charge in [-0.1, -0.05) is 54.2 Å². The lowest BCUT2D eigenvalue weighted by Gasteiger charge is -2.11. The van der Waals surface area contributed by atoms with Gasteiger partial charge in [-0.15, -0.1) is 11.3 Å². The van der Waals surface area contributed by atoms with Gasteiger partial charge in [-0.3, -0.25) is 4.79 Å². The molecule has 1 aromatic heterocycles. The minimum absolute atomic E-state index is 0.347. The number of hydrogen-bond acceptors (Lipinski definition) is 4. The number of aromatic nitrogens is 1. The molecule has 3 rings (SSSR count). The third kappa shape index (κ3) is 2.69. The number of nitrogens with zero attached hydrogens (tertiary/aromatic N) is 1. The van der Waals surface area contributed by atoms with Crippen LogP contribution in [0.3, 0.4) is 0 Å². The van der Waals surface area contributed by atoms with Gasteiger partial charge in [0, 0.05) is 0 Å². The molecule has 100 valence electrons. The van der Waals surface area contributed by atoms with Gasteiger partial charge in [-0.2, -0.15) is 0 Å². The summed E-state index contributed by atoms with van der Waals surface area (Å²) < 4.78 is 1.98. The highest BCUT2D eigenvalue weighted by Gasteiger charge is 2.20. The van der Waals surface area contributed by atoms with E-state index in [1.165, 1.54) is 11.8 Å². The molecule has 0 fully saturated rings. The summed E-state index contributed by atoms with van der Waals surface area (Å²) in [6.07, 6.45) is 0. The summed E-state index contributed by atoms with van der Waals surface area (Å²) in [6.45, 7) is 0. The topological polar surface area (TPSA) is 56.0 Å². The Balaban J connectivity index is 1.92. The van der Waals surface area contributed by atoms with E-state index in [1.54, 1.807) is 11.3 Å². The van der Waals surface area contributed by atoms with Crippen LogP contribution in [0.25, 0.3) is 10.2 Å². The zero-order valence-corrected chi connectivity index (χ0v) is 12.2. The number of benzene rings is 2. The molecule has 0 bridgehead atoms. The quantitative estimate of drug-likeness (QED) is 0.749. The monoisotopic (exact) mass is 300 g/mol. The van der Waals surface area contributed by atoms with Gasteiger partial charge < -0.3 is 5.73 Å². The second-order valence-corrected chi connectivity index (χ2v) is 6.64. The molecule has 0 aliphatic heterocycles. The highest BCUT2D eigenvalue weighted by molar-refractivity contribution is 8.02. The normalized spacial score (nSPS) is 12.4. The van der Waals surface area contributed by atoms with Crippen molar-refractivity contribution < 1.29 is 4.79 Å². The van der Waals surface area contributed by atoms with Gasteiger partial charge in [-0.25, -0.2) is 4.98 Å². The molecule has 0 aliphatic carbocycles. The molecule has 0 aliphatic rings. The van der Waals surface area contributed by atoms with Crippen LogP contribution in [0.15, 0.2) is 58.9 Å². The Hall–Kier alpha value is -1.85. The number of carbonyl (C=O) groups is 1. The summed E-state index contributed by atoms with van der Waals surface area (Å²) in [5.41, 5.74) is 7.39. The van der Waals surface area contributed by atoms with Crippen molar-refractivity contribution in [2.24, 2.45) is 5.73 Å². The first-order valence-corrected chi connectivity index (χ1v) is 7.80. The van der Waals surface area contributed by atoms with E-state index in [2.05, 4.69) is 4.98 Å². The highest BCUT2D eigenvalue weighted by atomic mass is 32.2. The van der Waals surface area contributed by atoms with Crippen LogP contribution in [0, 0.1) is 0 Å². The molecule has 0 saturated carbocycles. The van der Waals surface area contributed by atoms with Crippen molar-refractivity contribution in [1.29, 1.82) is 0 Å². The lowest BCUT2D eigenvalue weighted by Crippen LogP contribution is -2.18. The molecule has 0 spiro atoms. The van der Waals surface area contributed by atoms with Crippen LogP contribution in [-0.4, -0.2) is 10.9 Å². The van der Waals surface area contributed by atoms with Crippen molar-refractivity contribution in [3.63, 3.8) is 0 Å². The number of para-hydroxylation sites is 1. The first-order valence-electron chi connectivity index (χ1n) is 6.10. The molecule has 20 heavy (non-hydrogen) atoms. The number of thiazole rings is 1. The first-order chi connectivity index (χ1) is 9.74. The Labute approximate surface area is 124 Å². The maximum atomic E-state index is 11.7. The Morgan fingerprint density at radius 3 is 2.50 bits per heavy atom. The second kappa shape index (κ2) is 5.64. The zero-order valence-electron chi connectivity index (χ0n) is 10.5. The van der Waals surface area contributed by atoms with Crippen LogP contribution in [0.1, 0.15) is 10.8 Å². The third-order valence-corrected chi connectivity index (χ3v) is 5.26. The summed E-state index contributed by atoms with van der Waals surface area (Å²) in [7, 11) is 0. The van der Waals surface area contributed by atoms with Crippen LogP contribution >= 0.6 is 23.1 Å². The van der Waals surface area contributed by atoms with Crippen molar-refractivity contribution in [2.75, 3.05) is 0 Å². The van der Waals surface area contributed by atoms with E-state index in [1.807, 2.05) is 54.6 Å². The maximum Gasteiger partial charge on any atom is 0.235 e. The standard InChI is InChI=1S/C15H12N2OS2/c16-14(18)13(10-6-2-1-3-7-10)20-15-17-11-8-4-5-9-12(11)19-15/h1-9,13H,(H2,16,18). The number of hydrogen-bond donors (Lipinski definition) is 1. The maximum absolute atomic E-state index is 11.7. The van der Waals surface area contributed by atoms with Gasteiger partial charge in [0.25, 0.3) is 0 Å². The smallest absolute Gasteiger partial charge is 0.235 e. The van der Waals surface area contributed by atoms with Crippen LogP contribution in [0.2, 0.25) is 0 Å². The lowest BCUT2D eigenvalue weighted by atomic mass is 10.1. The predicted octanol–water partition coefficient (Wildman–Crippen LogP) is 3.62. The molecule has 0 saturated heterocycles. The van der Waals surface area contributed by atoms with E-state index in [9.17, 15) is 4.79 Å². The fourth-order valence-electron chi connectivity index (χ4n) is 1.92. The molecular weight excluding hydrogens is 288 g/mol. The number of rotatable bonds is 4. The Morgan fingerprint density at radius 2 is 1.80 bits per heavy atom. The van der Waals surface area contributed by atoms with Crippen molar-refractivity contribution in [1.82, 2.24) is 4.98 Å². The van der Waals surface area contributed by atoms with Crippen LogP contribution < -0.4 is 5.73 Å². The summed E-state index contributed by atoms with van der Waals surface area (Å²) in [6, 6.07) is 17.5. The van der Waals surface area contributed by atoms with E-state index in [0.29, 0.717) is 0 Å². The van der Waals surface area contributed by atoms with E-state index < -0.39 is 5.25 Å². The van der Waals surface area contributed by atoms with Crippen LogP contribution in [-0.2, 0) is 4.79 Å². The van der Waals surface area contributed by atoms with Crippen molar-refractivity contribution in [3.05, 3.63) is 60.2 Å². The van der Waals surface area contributed by atoms with E-state index in [4.69, 9.17) is 5.73 Å². The summed E-state index contributed by atoms with van der Waals surface area (Å²) >= 11 is 2.99. The van der Waals surface area contributed by atoms with Gasteiger partial charge in [0.1, 0.15) is 5.25 Å². The number of amides is 1. The summed E-state index contributed by atoms with van der Waals surface area (Å²) in [5, 5.41) is -0.406. The third-order valence-electron chi connectivity index (χ3n) is 2.85. The lowest BCUT2D eigenvalue weighted by molar-refractivity contribution is -0.117. The van der Waals surface area contributed by atoms with Crippen molar-refractivity contribution in [3.8, 4) is 0 Å². The molecule has 2 N–H and O–H groups in total. The molecule has 0 radical (unpaired) electrons. The molecular formula is C15H12N2OS2. The van der Waals surface area contributed by atoms with E-state index in [0.717, 1.165) is 20.1 Å². The molecule has 3 nitrogen and oxygen atoms in total. The van der Waals surface area contributed by atoms with E-state index >= 15 is 0 Å². The average molecular weight is 300 g/mol. The van der Waals surface area contributed by atoms with E-state index in [-0.39, 0.29) is 5.91 Å². The number of nitrogens with two attached hydrogens (primary N) is 1. The van der Waals surface area contributed by atoms with Crippen molar-refractivity contribution in [2.45, 2.75) is 9.59 Å². The van der Waals surface area contributed by atoms with Crippen LogP contribution in [0.4, 0.5) is 0 Å². The molecule has 1 heterocycles. The van der Waals surface area contributed by atoms with Gasteiger partial charge in [-0.05, 0) is 17.7 Å². The molecule has 1 amide bonds. The number of carbonyl (C=O) groups excluding carboxylic acids is 1. The highest BCUT2D eigenvalue weighted by Crippen LogP contribution is 2.38. The van der Waals surface area contributed by atoms with Gasteiger partial charge >= 0.3 is 0 Å². The Kier molecular flexibility index (Phi) is 3.71. The number of primary amides is 1.